The Morgan fingerprint density at radius 2 is 1.83 bits per heavy atom. The largest absolute Gasteiger partial charge is 0.262 e. The van der Waals surface area contributed by atoms with Crippen LogP contribution in [-0.2, 0) is 0 Å². The maximum absolute atomic E-state index is 4.02. The van der Waals surface area contributed by atoms with Crippen molar-refractivity contribution in [1.29, 1.82) is 0 Å². The molecule has 1 aromatic heterocycles. The fourth-order valence-electron chi connectivity index (χ4n) is 0.178. The van der Waals surface area contributed by atoms with Crippen LogP contribution in [0.1, 0.15) is 0 Å². The maximum atomic E-state index is 4.02. The van der Waals surface area contributed by atoms with Gasteiger partial charge in [-0.25, -0.2) is 0 Å². The summed E-state index contributed by atoms with van der Waals surface area (Å²) in [6.45, 7) is 0. The van der Waals surface area contributed by atoms with Crippen molar-refractivity contribution >= 4 is 21.2 Å². The van der Waals surface area contributed by atoms with Crippen molar-refractivity contribution in [2.45, 2.75) is 0 Å². The van der Waals surface area contributed by atoms with Gasteiger partial charge in [-0.3, -0.25) is 0 Å². The maximum Gasteiger partial charge on any atom is 0.262 e. The minimum absolute atomic E-state index is 0.0617. The van der Waals surface area contributed by atoms with E-state index in [1.807, 2.05) is 0 Å². The monoisotopic (exact) mass is 119 g/mol. The van der Waals surface area contributed by atoms with Crippen LogP contribution in [0.3, 0.4) is 0 Å². The Hall–Kier alpha value is -0.0900. The van der Waals surface area contributed by atoms with E-state index in [2.05, 4.69) is 21.9 Å². The van der Waals surface area contributed by atoms with Crippen molar-refractivity contribution in [3.05, 3.63) is 11.0 Å². The fourth-order valence-corrected chi connectivity index (χ4v) is 0.788. The van der Waals surface area contributed by atoms with Gasteiger partial charge in [0.15, 0.2) is 0 Å². The molecule has 0 saturated carbocycles. The second kappa shape index (κ2) is 1.57. The summed E-state index contributed by atoms with van der Waals surface area (Å²) >= 11 is 4.02. The zero-order chi connectivity index (χ0) is 4.41. The molecule has 0 aliphatic carbocycles. The van der Waals surface area contributed by atoms with Gasteiger partial charge in [-0.1, -0.05) is 10.2 Å². The molecule has 4 heteroatoms. The molecule has 0 saturated heterocycles. The van der Waals surface area contributed by atoms with E-state index < -0.39 is 0 Å². The number of rotatable bonds is 0. The first-order valence-electron chi connectivity index (χ1n) is 1.37. The molecule has 0 bridgehead atoms. The van der Waals surface area contributed by atoms with Crippen molar-refractivity contribution < 1.29 is 0 Å². The molecule has 0 aromatic carbocycles. The third-order valence-corrected chi connectivity index (χ3v) is 1.56. The normalized spacial score (nSPS) is 8.83. The molecule has 0 amide bonds. The first-order chi connectivity index (χ1) is 2.89. The lowest BCUT2D eigenvalue weighted by atomic mass is 11.6. The van der Waals surface area contributed by atoms with Crippen LogP contribution in [0.15, 0.2) is 11.0 Å². The summed E-state index contributed by atoms with van der Waals surface area (Å²) in [5.74, 6) is 0. The predicted octanol–water partition coefficient (Wildman–Crippen LogP) is 0.919. The lowest BCUT2D eigenvalue weighted by molar-refractivity contribution is 1.09. The average molecular weight is 119 g/mol. The van der Waals surface area contributed by atoms with Gasteiger partial charge in [0.25, 0.3) is 11.0 Å². The third kappa shape index (κ3) is 0.693. The van der Waals surface area contributed by atoms with E-state index in [0.29, 0.717) is 0 Å². The van der Waals surface area contributed by atoms with E-state index in [0.717, 1.165) is 0 Å². The summed E-state index contributed by atoms with van der Waals surface area (Å²) in [6, 6.07) is 0. The molecular weight excluding hydrogens is 116 g/mol. The molecule has 0 aliphatic rings. The van der Waals surface area contributed by atoms with Crippen LogP contribution in [0.2, 0.25) is 0 Å². The molecular formula is C2H3N2S2+. The molecule has 1 heterocycles. The smallest absolute Gasteiger partial charge is 0.0971 e. The van der Waals surface area contributed by atoms with Crippen molar-refractivity contribution in [2.75, 3.05) is 0 Å². The Bertz CT molecular complexity index is 113. The number of hydrogen-bond donors (Lipinski definition) is 1. The van der Waals surface area contributed by atoms with Crippen LogP contribution in [-0.4, -0.2) is 10.2 Å². The highest BCUT2D eigenvalue weighted by molar-refractivity contribution is 8.33. The average Bonchev–Trinajstić information content (AvgIpc) is 1.86. The Morgan fingerprint density at radius 1 is 1.33 bits per heavy atom. The standard InChI is InChI=1S/C2H3N2S2/c5-6-1-3-4-2-6/h1-2,5H/q+1. The topological polar surface area (TPSA) is 25.8 Å². The Kier molecular flexibility index (Phi) is 1.07. The van der Waals surface area contributed by atoms with E-state index in [1.165, 1.54) is 0 Å². The minimum Gasteiger partial charge on any atom is -0.0971 e. The highest BCUT2D eigenvalue weighted by Gasteiger charge is 1.90. The van der Waals surface area contributed by atoms with Gasteiger partial charge in [0.05, 0.1) is 9.50 Å². The lowest BCUT2D eigenvalue weighted by Gasteiger charge is -1.47. The Labute approximate surface area is 43.0 Å². The second-order valence-electron chi connectivity index (χ2n) is 0.789. The quantitative estimate of drug-likeness (QED) is 0.312. The molecule has 1 aromatic rings. The summed E-state index contributed by atoms with van der Waals surface area (Å²) < 4.78 is 0. The van der Waals surface area contributed by atoms with Crippen LogP contribution in [0.4, 0.5) is 0 Å². The number of nitrogens with zero attached hydrogens (tertiary/aromatic N) is 2. The molecule has 0 radical (unpaired) electrons. The SMILES string of the molecule is S[s+]1cnnc1. The van der Waals surface area contributed by atoms with Crippen LogP contribution in [0.25, 0.3) is 0 Å². The van der Waals surface area contributed by atoms with Gasteiger partial charge in [-0.2, -0.15) is 0 Å². The van der Waals surface area contributed by atoms with Crippen molar-refractivity contribution in [2.24, 2.45) is 0 Å². The summed E-state index contributed by atoms with van der Waals surface area (Å²) in [7, 11) is -0.0617. The second-order valence-corrected chi connectivity index (χ2v) is 3.17. The van der Waals surface area contributed by atoms with Crippen LogP contribution in [0.5, 0.6) is 0 Å². The molecule has 0 aliphatic heterocycles. The fraction of sp³-hybridized carbons (Fsp3) is 0. The van der Waals surface area contributed by atoms with Gasteiger partial charge in [0, 0.05) is 0 Å². The van der Waals surface area contributed by atoms with Gasteiger partial charge in [0.1, 0.15) is 11.7 Å². The molecule has 6 heavy (non-hydrogen) atoms. The van der Waals surface area contributed by atoms with Gasteiger partial charge in [0.2, 0.25) is 0 Å². The summed E-state index contributed by atoms with van der Waals surface area (Å²) in [5.41, 5.74) is 3.40. The Morgan fingerprint density at radius 3 is 2.00 bits per heavy atom. The number of hydrogen-bond acceptors (Lipinski definition) is 3. The summed E-state index contributed by atoms with van der Waals surface area (Å²) in [6.07, 6.45) is 0. The molecule has 0 spiro atoms. The van der Waals surface area contributed by atoms with E-state index in [9.17, 15) is 0 Å². The first-order valence-corrected chi connectivity index (χ1v) is 3.77. The van der Waals surface area contributed by atoms with E-state index in [4.69, 9.17) is 0 Å². The van der Waals surface area contributed by atoms with Crippen molar-refractivity contribution in [1.82, 2.24) is 10.2 Å². The van der Waals surface area contributed by atoms with Gasteiger partial charge >= 0.3 is 0 Å². The van der Waals surface area contributed by atoms with Gasteiger partial charge in [-0.05, 0) is 0 Å². The molecule has 2 nitrogen and oxygen atoms in total. The molecule has 32 valence electrons. The van der Waals surface area contributed by atoms with E-state index in [-0.39, 0.29) is 9.50 Å². The van der Waals surface area contributed by atoms with Crippen molar-refractivity contribution in [3.63, 3.8) is 0 Å². The van der Waals surface area contributed by atoms with E-state index in [1.54, 1.807) is 11.0 Å². The number of thiol groups is 1. The first kappa shape index (κ1) is 4.08. The number of aromatic nitrogens is 2. The van der Waals surface area contributed by atoms with Crippen LogP contribution in [0, 0.1) is 0 Å². The van der Waals surface area contributed by atoms with Crippen molar-refractivity contribution in [3.8, 4) is 0 Å². The highest BCUT2D eigenvalue weighted by Crippen LogP contribution is 2.14. The zero-order valence-corrected chi connectivity index (χ0v) is 4.62. The van der Waals surface area contributed by atoms with Crippen LogP contribution >= 0.6 is 21.2 Å². The molecule has 0 atom stereocenters. The van der Waals surface area contributed by atoms with Crippen LogP contribution < -0.4 is 0 Å². The Balaban J connectivity index is 3.05. The minimum atomic E-state index is -0.0617. The predicted molar refractivity (Wildman–Crippen MR) is 28.9 cm³/mol. The van der Waals surface area contributed by atoms with Gasteiger partial charge < -0.3 is 0 Å². The van der Waals surface area contributed by atoms with E-state index >= 15 is 0 Å². The molecule has 0 fully saturated rings. The molecule has 0 unspecified atom stereocenters. The molecule has 0 N–H and O–H groups in total. The summed E-state index contributed by atoms with van der Waals surface area (Å²) in [4.78, 5) is 0. The van der Waals surface area contributed by atoms with Gasteiger partial charge in [-0.15, -0.1) is 0 Å². The summed E-state index contributed by atoms with van der Waals surface area (Å²) in [5, 5.41) is 7.09. The highest BCUT2D eigenvalue weighted by atomic mass is 33.1. The molecule has 1 rings (SSSR count). The zero-order valence-electron chi connectivity index (χ0n) is 2.90. The lowest BCUT2D eigenvalue weighted by Crippen LogP contribution is -1.53. The third-order valence-electron chi connectivity index (χ3n) is 0.377.